The number of halogens is 1. The van der Waals surface area contributed by atoms with Crippen LogP contribution in [0.25, 0.3) is 0 Å². The normalized spacial score (nSPS) is 14.6. The van der Waals surface area contributed by atoms with E-state index in [1.807, 2.05) is 27.7 Å². The molecule has 1 aromatic carbocycles. The monoisotopic (exact) mass is 269 g/mol. The van der Waals surface area contributed by atoms with E-state index < -0.39 is 11.0 Å². The van der Waals surface area contributed by atoms with Crippen LogP contribution in [0.4, 0.5) is 4.39 Å². The summed E-state index contributed by atoms with van der Waals surface area (Å²) < 4.78 is 28.4. The first-order chi connectivity index (χ1) is 8.29. The molecule has 0 N–H and O–H groups in total. The Morgan fingerprint density at radius 3 is 2.33 bits per heavy atom. The predicted molar refractivity (Wildman–Crippen MR) is 75.7 cm³/mol. The van der Waals surface area contributed by atoms with Crippen molar-refractivity contribution < 1.29 is 8.60 Å². The van der Waals surface area contributed by atoms with E-state index >= 15 is 0 Å². The van der Waals surface area contributed by atoms with Gasteiger partial charge in [-0.2, -0.15) is 4.40 Å². The minimum atomic E-state index is -1.20. The number of hydrogen-bond donors (Lipinski definition) is 0. The second-order valence-corrected chi connectivity index (χ2v) is 7.22. The summed E-state index contributed by atoms with van der Waals surface area (Å²) in [6.07, 6.45) is 1.53. The maximum atomic E-state index is 12.7. The average molecular weight is 269 g/mol. The van der Waals surface area contributed by atoms with Crippen molar-refractivity contribution in [2.24, 2.45) is 4.40 Å². The lowest BCUT2D eigenvalue weighted by Crippen LogP contribution is -2.20. The third-order valence-corrected chi connectivity index (χ3v) is 3.98. The number of aryl methyl sites for hydroxylation is 1. The fourth-order valence-electron chi connectivity index (χ4n) is 1.30. The maximum absolute atomic E-state index is 12.7. The molecular formula is C14H20FNOS. The molecule has 1 unspecified atom stereocenters. The van der Waals surface area contributed by atoms with Crippen LogP contribution in [-0.4, -0.2) is 14.7 Å². The van der Waals surface area contributed by atoms with E-state index in [4.69, 9.17) is 0 Å². The van der Waals surface area contributed by atoms with Gasteiger partial charge in [0.05, 0.1) is 4.75 Å². The third-order valence-electron chi connectivity index (χ3n) is 2.45. The van der Waals surface area contributed by atoms with Gasteiger partial charge in [-0.3, -0.25) is 0 Å². The van der Waals surface area contributed by atoms with Crippen molar-refractivity contribution in [2.45, 2.75) is 45.3 Å². The van der Waals surface area contributed by atoms with Crippen LogP contribution < -0.4 is 0 Å². The summed E-state index contributed by atoms with van der Waals surface area (Å²) in [6, 6.07) is 6.44. The van der Waals surface area contributed by atoms with Gasteiger partial charge in [-0.1, -0.05) is 12.1 Å². The fraction of sp³-hybridized carbons (Fsp3) is 0.500. The van der Waals surface area contributed by atoms with E-state index in [0.29, 0.717) is 0 Å². The number of nitrogens with zero attached hydrogens (tertiary/aromatic N) is 1. The van der Waals surface area contributed by atoms with E-state index in [1.54, 1.807) is 12.1 Å². The number of benzene rings is 1. The van der Waals surface area contributed by atoms with Gasteiger partial charge in [0.15, 0.2) is 0 Å². The van der Waals surface area contributed by atoms with Gasteiger partial charge in [-0.05, 0) is 58.2 Å². The van der Waals surface area contributed by atoms with Crippen molar-refractivity contribution in [3.05, 3.63) is 35.6 Å². The molecule has 1 aromatic rings. The topological polar surface area (TPSA) is 29.4 Å². The molecule has 0 aliphatic rings. The summed E-state index contributed by atoms with van der Waals surface area (Å²) in [5.74, 6) is -0.224. The zero-order chi connectivity index (χ0) is 13.8. The lowest BCUT2D eigenvalue weighted by Gasteiger charge is -2.14. The molecule has 0 bridgehead atoms. The molecule has 0 radical (unpaired) electrons. The standard InChI is InChI=1S/C14H20FNOS/c1-11(16-18(17)14(2,3)4)5-6-12-7-9-13(15)10-8-12/h7-10H,5-6H2,1-4H3. The summed E-state index contributed by atoms with van der Waals surface area (Å²) in [7, 11) is -1.20. The van der Waals surface area contributed by atoms with Gasteiger partial charge in [-0.25, -0.2) is 8.60 Å². The molecule has 18 heavy (non-hydrogen) atoms. The Morgan fingerprint density at radius 1 is 1.28 bits per heavy atom. The minimum absolute atomic E-state index is 0.224. The van der Waals surface area contributed by atoms with Gasteiger partial charge in [0, 0.05) is 5.71 Å². The molecule has 100 valence electrons. The van der Waals surface area contributed by atoms with Crippen LogP contribution in [0.15, 0.2) is 28.7 Å². The lowest BCUT2D eigenvalue weighted by molar-refractivity contribution is 0.627. The maximum Gasteiger partial charge on any atom is 0.144 e. The Kier molecular flexibility index (Phi) is 5.20. The smallest absolute Gasteiger partial charge is 0.144 e. The highest BCUT2D eigenvalue weighted by Crippen LogP contribution is 2.13. The van der Waals surface area contributed by atoms with Crippen molar-refractivity contribution in [3.63, 3.8) is 0 Å². The molecule has 0 heterocycles. The van der Waals surface area contributed by atoms with E-state index in [2.05, 4.69) is 4.40 Å². The van der Waals surface area contributed by atoms with Crippen LogP contribution in [-0.2, 0) is 17.4 Å². The molecule has 0 amide bonds. The quantitative estimate of drug-likeness (QED) is 0.767. The van der Waals surface area contributed by atoms with Crippen molar-refractivity contribution in [3.8, 4) is 0 Å². The molecule has 2 nitrogen and oxygen atoms in total. The van der Waals surface area contributed by atoms with Gasteiger partial charge in [-0.15, -0.1) is 0 Å². The first-order valence-electron chi connectivity index (χ1n) is 5.99. The van der Waals surface area contributed by atoms with Crippen LogP contribution in [0.5, 0.6) is 0 Å². The van der Waals surface area contributed by atoms with Crippen molar-refractivity contribution in [1.82, 2.24) is 0 Å². The van der Waals surface area contributed by atoms with E-state index in [-0.39, 0.29) is 10.6 Å². The van der Waals surface area contributed by atoms with Crippen LogP contribution in [0.1, 0.15) is 39.7 Å². The van der Waals surface area contributed by atoms with Crippen LogP contribution >= 0.6 is 0 Å². The molecule has 1 rings (SSSR count). The summed E-state index contributed by atoms with van der Waals surface area (Å²) in [5.41, 5.74) is 1.93. The van der Waals surface area contributed by atoms with E-state index in [0.717, 1.165) is 24.1 Å². The zero-order valence-corrected chi connectivity index (χ0v) is 12.2. The van der Waals surface area contributed by atoms with Gasteiger partial charge in [0.2, 0.25) is 0 Å². The van der Waals surface area contributed by atoms with Crippen LogP contribution in [0.3, 0.4) is 0 Å². The molecule has 0 aliphatic heterocycles. The van der Waals surface area contributed by atoms with Gasteiger partial charge >= 0.3 is 0 Å². The number of rotatable bonds is 4. The summed E-state index contributed by atoms with van der Waals surface area (Å²) >= 11 is 0. The molecule has 0 aromatic heterocycles. The highest BCUT2D eigenvalue weighted by molar-refractivity contribution is 7.85. The fourth-order valence-corrected chi connectivity index (χ4v) is 1.95. The van der Waals surface area contributed by atoms with Crippen molar-refractivity contribution in [2.75, 3.05) is 0 Å². The Hall–Kier alpha value is -1.03. The SMILES string of the molecule is CC(CCc1ccc(F)cc1)=NS(=O)C(C)(C)C. The first kappa shape index (κ1) is 15.0. The molecule has 0 fully saturated rings. The zero-order valence-electron chi connectivity index (χ0n) is 11.4. The Morgan fingerprint density at radius 2 is 1.83 bits per heavy atom. The molecule has 0 saturated carbocycles. The lowest BCUT2D eigenvalue weighted by atomic mass is 10.1. The largest absolute Gasteiger partial charge is 0.234 e. The highest BCUT2D eigenvalue weighted by Gasteiger charge is 2.18. The number of hydrogen-bond acceptors (Lipinski definition) is 1. The molecule has 0 spiro atoms. The first-order valence-corrected chi connectivity index (χ1v) is 7.10. The predicted octanol–water partition coefficient (Wildman–Crippen LogP) is 3.68. The summed E-state index contributed by atoms with van der Waals surface area (Å²) in [6.45, 7) is 7.59. The van der Waals surface area contributed by atoms with Crippen molar-refractivity contribution in [1.29, 1.82) is 0 Å². The molecule has 1 atom stereocenters. The molecule has 4 heteroatoms. The average Bonchev–Trinajstić information content (AvgIpc) is 2.27. The minimum Gasteiger partial charge on any atom is -0.234 e. The highest BCUT2D eigenvalue weighted by atomic mass is 32.2. The molecule has 0 aliphatic carbocycles. The van der Waals surface area contributed by atoms with E-state index in [1.165, 1.54) is 12.1 Å². The van der Waals surface area contributed by atoms with Gasteiger partial charge in [0.1, 0.15) is 16.8 Å². The van der Waals surface area contributed by atoms with Crippen molar-refractivity contribution >= 4 is 16.7 Å². The molecular weight excluding hydrogens is 249 g/mol. The molecule has 0 saturated heterocycles. The summed E-state index contributed by atoms with van der Waals surface area (Å²) in [4.78, 5) is 0. The second-order valence-electron chi connectivity index (χ2n) is 5.31. The Labute approximate surface area is 111 Å². The second kappa shape index (κ2) is 6.23. The Balaban J connectivity index is 2.56. The van der Waals surface area contributed by atoms with Crippen LogP contribution in [0.2, 0.25) is 0 Å². The third kappa shape index (κ3) is 5.08. The Bertz CT molecular complexity index is 446. The van der Waals surface area contributed by atoms with Crippen LogP contribution in [0, 0.1) is 5.82 Å². The van der Waals surface area contributed by atoms with Gasteiger partial charge < -0.3 is 0 Å². The van der Waals surface area contributed by atoms with Gasteiger partial charge in [0.25, 0.3) is 0 Å². The van der Waals surface area contributed by atoms with E-state index in [9.17, 15) is 8.60 Å². The summed E-state index contributed by atoms with van der Waals surface area (Å²) in [5, 5.41) is 0.